The molecule has 0 aliphatic heterocycles. The minimum atomic E-state index is -0.595. The molecule has 0 aliphatic carbocycles. The number of nitro groups is 1. The monoisotopic (exact) mass is 297 g/mol. The number of non-ortho nitro benzene ring substituents is 1. The van der Waals surface area contributed by atoms with E-state index in [1.807, 2.05) is 6.07 Å². The highest BCUT2D eigenvalue weighted by Crippen LogP contribution is 2.16. The SMILES string of the molecule is N#Cc1cccc(NNC(=O)Nc2cccc([N+](=O)[O-])c2)c1. The fourth-order valence-electron chi connectivity index (χ4n) is 1.66. The van der Waals surface area contributed by atoms with Gasteiger partial charge in [0.05, 0.1) is 22.2 Å². The highest BCUT2D eigenvalue weighted by atomic mass is 16.6. The fraction of sp³-hybridized carbons (Fsp3) is 0. The Labute approximate surface area is 125 Å². The van der Waals surface area contributed by atoms with Crippen LogP contribution in [0.25, 0.3) is 0 Å². The molecule has 2 amide bonds. The molecule has 8 nitrogen and oxygen atoms in total. The molecule has 0 saturated carbocycles. The summed E-state index contributed by atoms with van der Waals surface area (Å²) in [7, 11) is 0. The Morgan fingerprint density at radius 2 is 1.86 bits per heavy atom. The van der Waals surface area contributed by atoms with Gasteiger partial charge in [-0.15, -0.1) is 0 Å². The first-order valence-electron chi connectivity index (χ1n) is 6.16. The number of nitro benzene ring substituents is 1. The standard InChI is InChI=1S/C14H11N5O3/c15-9-10-3-1-5-12(7-10)17-18-14(20)16-11-4-2-6-13(8-11)19(21)22/h1-8,17H,(H2,16,18,20). The average molecular weight is 297 g/mol. The van der Waals surface area contributed by atoms with Gasteiger partial charge in [-0.3, -0.25) is 21.0 Å². The third kappa shape index (κ3) is 3.94. The molecule has 0 heterocycles. The molecule has 0 radical (unpaired) electrons. The molecule has 0 aromatic heterocycles. The van der Waals surface area contributed by atoms with Gasteiger partial charge in [0.2, 0.25) is 0 Å². The minimum Gasteiger partial charge on any atom is -0.306 e. The number of nitrogens with one attached hydrogen (secondary N) is 3. The zero-order valence-electron chi connectivity index (χ0n) is 11.2. The number of hydrazine groups is 1. The largest absolute Gasteiger partial charge is 0.337 e. The van der Waals surface area contributed by atoms with Gasteiger partial charge >= 0.3 is 6.03 Å². The smallest absolute Gasteiger partial charge is 0.306 e. The van der Waals surface area contributed by atoms with Crippen LogP contribution in [0.15, 0.2) is 48.5 Å². The van der Waals surface area contributed by atoms with Gasteiger partial charge in [0.15, 0.2) is 0 Å². The zero-order chi connectivity index (χ0) is 15.9. The van der Waals surface area contributed by atoms with Gasteiger partial charge in [-0.2, -0.15) is 5.26 Å². The van der Waals surface area contributed by atoms with E-state index in [1.165, 1.54) is 24.3 Å². The van der Waals surface area contributed by atoms with E-state index in [1.54, 1.807) is 24.3 Å². The Morgan fingerprint density at radius 3 is 2.59 bits per heavy atom. The summed E-state index contributed by atoms with van der Waals surface area (Å²) in [5.74, 6) is 0. The summed E-state index contributed by atoms with van der Waals surface area (Å²) in [6, 6.07) is 13.5. The number of amides is 2. The van der Waals surface area contributed by atoms with Crippen LogP contribution in [-0.2, 0) is 0 Å². The van der Waals surface area contributed by atoms with Crippen molar-refractivity contribution < 1.29 is 9.72 Å². The van der Waals surface area contributed by atoms with E-state index in [0.717, 1.165) is 0 Å². The Kier molecular flexibility index (Phi) is 4.52. The second-order valence-electron chi connectivity index (χ2n) is 4.20. The number of urea groups is 1. The topological polar surface area (TPSA) is 120 Å². The van der Waals surface area contributed by atoms with E-state index in [0.29, 0.717) is 16.9 Å². The number of anilines is 2. The molecule has 0 unspecified atom stereocenters. The summed E-state index contributed by atoms with van der Waals surface area (Å²) >= 11 is 0. The van der Waals surface area contributed by atoms with Gasteiger partial charge < -0.3 is 5.32 Å². The average Bonchev–Trinajstić information content (AvgIpc) is 2.53. The number of benzene rings is 2. The lowest BCUT2D eigenvalue weighted by molar-refractivity contribution is -0.384. The molecule has 8 heteroatoms. The molecule has 0 saturated heterocycles. The van der Waals surface area contributed by atoms with Crippen molar-refractivity contribution in [1.29, 1.82) is 5.26 Å². The van der Waals surface area contributed by atoms with Crippen molar-refractivity contribution >= 4 is 23.1 Å². The van der Waals surface area contributed by atoms with Crippen molar-refractivity contribution in [2.45, 2.75) is 0 Å². The second-order valence-corrected chi connectivity index (χ2v) is 4.20. The summed E-state index contributed by atoms with van der Waals surface area (Å²) in [5, 5.41) is 21.9. The molecular formula is C14H11N5O3. The van der Waals surface area contributed by atoms with Crippen LogP contribution in [-0.4, -0.2) is 11.0 Å². The van der Waals surface area contributed by atoms with E-state index in [-0.39, 0.29) is 5.69 Å². The van der Waals surface area contributed by atoms with E-state index in [2.05, 4.69) is 16.2 Å². The number of hydrogen-bond donors (Lipinski definition) is 3. The highest BCUT2D eigenvalue weighted by molar-refractivity contribution is 5.90. The molecule has 22 heavy (non-hydrogen) atoms. The lowest BCUT2D eigenvalue weighted by Crippen LogP contribution is -2.33. The fourth-order valence-corrected chi connectivity index (χ4v) is 1.66. The van der Waals surface area contributed by atoms with Gasteiger partial charge in [-0.05, 0) is 24.3 Å². The van der Waals surface area contributed by atoms with Crippen LogP contribution in [0.4, 0.5) is 21.9 Å². The summed E-state index contributed by atoms with van der Waals surface area (Å²) in [4.78, 5) is 21.8. The number of nitrogens with zero attached hydrogens (tertiary/aromatic N) is 2. The molecule has 2 aromatic rings. The maximum absolute atomic E-state index is 11.7. The van der Waals surface area contributed by atoms with Crippen LogP contribution >= 0.6 is 0 Å². The predicted molar refractivity (Wildman–Crippen MR) is 80.0 cm³/mol. The number of hydrogen-bond acceptors (Lipinski definition) is 5. The molecule has 3 N–H and O–H groups in total. The molecule has 2 aromatic carbocycles. The number of carbonyl (C=O) groups excluding carboxylic acids is 1. The summed E-state index contributed by atoms with van der Waals surface area (Å²) in [5.41, 5.74) is 6.16. The van der Waals surface area contributed by atoms with Crippen molar-refractivity contribution in [3.8, 4) is 6.07 Å². The molecular weight excluding hydrogens is 286 g/mol. The minimum absolute atomic E-state index is 0.118. The van der Waals surface area contributed by atoms with E-state index < -0.39 is 11.0 Å². The highest BCUT2D eigenvalue weighted by Gasteiger charge is 2.07. The summed E-state index contributed by atoms with van der Waals surface area (Å²) in [6.45, 7) is 0. The molecule has 0 fully saturated rings. The third-order valence-corrected chi connectivity index (χ3v) is 2.63. The van der Waals surface area contributed by atoms with Crippen LogP contribution in [0.1, 0.15) is 5.56 Å². The van der Waals surface area contributed by atoms with Gasteiger partial charge in [-0.25, -0.2) is 4.79 Å². The van der Waals surface area contributed by atoms with Crippen LogP contribution < -0.4 is 16.2 Å². The van der Waals surface area contributed by atoms with Crippen LogP contribution in [0.2, 0.25) is 0 Å². The molecule has 0 aliphatic rings. The summed E-state index contributed by atoms with van der Waals surface area (Å²) in [6.07, 6.45) is 0. The molecule has 0 spiro atoms. The number of carbonyl (C=O) groups is 1. The quantitative estimate of drug-likeness (QED) is 0.591. The third-order valence-electron chi connectivity index (χ3n) is 2.63. The maximum Gasteiger partial charge on any atom is 0.337 e. The van der Waals surface area contributed by atoms with Crippen LogP contribution in [0.3, 0.4) is 0 Å². The number of rotatable bonds is 4. The lowest BCUT2D eigenvalue weighted by atomic mass is 10.2. The van der Waals surface area contributed by atoms with Gasteiger partial charge in [0.1, 0.15) is 0 Å². The van der Waals surface area contributed by atoms with E-state index in [9.17, 15) is 14.9 Å². The normalized spacial score (nSPS) is 9.41. The van der Waals surface area contributed by atoms with E-state index in [4.69, 9.17) is 5.26 Å². The lowest BCUT2D eigenvalue weighted by Gasteiger charge is -2.10. The zero-order valence-corrected chi connectivity index (χ0v) is 11.2. The first kappa shape index (κ1) is 14.8. The molecule has 0 atom stereocenters. The molecule has 2 rings (SSSR count). The van der Waals surface area contributed by atoms with Crippen molar-refractivity contribution in [3.63, 3.8) is 0 Å². The second kappa shape index (κ2) is 6.71. The van der Waals surface area contributed by atoms with Gasteiger partial charge in [-0.1, -0.05) is 12.1 Å². The van der Waals surface area contributed by atoms with Crippen LogP contribution in [0.5, 0.6) is 0 Å². The molecule has 110 valence electrons. The van der Waals surface area contributed by atoms with Crippen molar-refractivity contribution in [3.05, 3.63) is 64.2 Å². The van der Waals surface area contributed by atoms with Gasteiger partial charge in [0, 0.05) is 17.8 Å². The van der Waals surface area contributed by atoms with E-state index >= 15 is 0 Å². The Morgan fingerprint density at radius 1 is 1.14 bits per heavy atom. The van der Waals surface area contributed by atoms with Gasteiger partial charge in [0.25, 0.3) is 5.69 Å². The molecule has 0 bridgehead atoms. The number of nitriles is 1. The van der Waals surface area contributed by atoms with Crippen molar-refractivity contribution in [2.75, 3.05) is 10.7 Å². The Balaban J connectivity index is 1.94. The Hall–Kier alpha value is -3.60. The first-order chi connectivity index (χ1) is 10.6. The Bertz CT molecular complexity index is 754. The maximum atomic E-state index is 11.7. The summed E-state index contributed by atoms with van der Waals surface area (Å²) < 4.78 is 0. The van der Waals surface area contributed by atoms with Crippen molar-refractivity contribution in [2.24, 2.45) is 0 Å². The van der Waals surface area contributed by atoms with Crippen molar-refractivity contribution in [1.82, 2.24) is 5.43 Å². The van der Waals surface area contributed by atoms with Crippen LogP contribution in [0, 0.1) is 21.4 Å². The first-order valence-corrected chi connectivity index (χ1v) is 6.16. The predicted octanol–water partition coefficient (Wildman–Crippen LogP) is 2.62.